The van der Waals surface area contributed by atoms with Crippen LogP contribution < -0.4 is 10.6 Å². The summed E-state index contributed by atoms with van der Waals surface area (Å²) >= 11 is 0. The number of aliphatic hydroxyl groups is 2. The van der Waals surface area contributed by atoms with E-state index < -0.39 is 5.60 Å². The van der Waals surface area contributed by atoms with Crippen molar-refractivity contribution in [1.29, 1.82) is 0 Å². The lowest BCUT2D eigenvalue weighted by Crippen LogP contribution is -2.49. The lowest BCUT2D eigenvalue weighted by Gasteiger charge is -2.23. The molecule has 0 aromatic rings. The molecule has 6 heteroatoms. The van der Waals surface area contributed by atoms with Crippen molar-refractivity contribution in [3.63, 3.8) is 0 Å². The molecule has 3 unspecified atom stereocenters. The molecule has 0 aromatic carbocycles. The van der Waals surface area contributed by atoms with Crippen molar-refractivity contribution in [2.75, 3.05) is 32.9 Å². The molecular formula is C12H24N2O4. The van der Waals surface area contributed by atoms with Crippen molar-refractivity contribution in [3.05, 3.63) is 0 Å². The monoisotopic (exact) mass is 260 g/mol. The van der Waals surface area contributed by atoms with E-state index in [0.29, 0.717) is 13.2 Å². The molecule has 106 valence electrons. The first-order valence-corrected chi connectivity index (χ1v) is 6.42. The molecular weight excluding hydrogens is 236 g/mol. The minimum absolute atomic E-state index is 0.0315. The zero-order chi connectivity index (χ0) is 13.6. The first kappa shape index (κ1) is 15.4. The van der Waals surface area contributed by atoms with E-state index in [2.05, 4.69) is 17.6 Å². The normalized spacial score (nSPS) is 26.9. The van der Waals surface area contributed by atoms with E-state index in [9.17, 15) is 9.90 Å². The number of rotatable bonds is 7. The van der Waals surface area contributed by atoms with Crippen LogP contribution in [0.1, 0.15) is 20.3 Å². The zero-order valence-corrected chi connectivity index (χ0v) is 11.1. The fourth-order valence-electron chi connectivity index (χ4n) is 1.81. The van der Waals surface area contributed by atoms with Crippen LogP contribution in [0.3, 0.4) is 0 Å². The molecule has 1 saturated heterocycles. The molecule has 4 N–H and O–H groups in total. The number of carbonyl (C=O) groups is 1. The Morgan fingerprint density at radius 2 is 2.22 bits per heavy atom. The van der Waals surface area contributed by atoms with Gasteiger partial charge in [-0.3, -0.25) is 4.79 Å². The lowest BCUT2D eigenvalue weighted by atomic mass is 10.0. The van der Waals surface area contributed by atoms with Crippen LogP contribution in [0.25, 0.3) is 0 Å². The molecule has 0 spiro atoms. The summed E-state index contributed by atoms with van der Waals surface area (Å²) in [6.07, 6.45) is 1.00. The van der Waals surface area contributed by atoms with E-state index in [1.807, 2.05) is 0 Å². The van der Waals surface area contributed by atoms with Gasteiger partial charge in [-0.2, -0.15) is 0 Å². The topological polar surface area (TPSA) is 90.8 Å². The Bertz CT molecular complexity index is 271. The van der Waals surface area contributed by atoms with Crippen molar-refractivity contribution in [2.24, 2.45) is 5.92 Å². The van der Waals surface area contributed by atoms with Crippen molar-refractivity contribution in [3.8, 4) is 0 Å². The van der Waals surface area contributed by atoms with Gasteiger partial charge < -0.3 is 25.6 Å². The molecule has 18 heavy (non-hydrogen) atoms. The number of ether oxygens (including phenoxy) is 1. The molecule has 1 fully saturated rings. The third-order valence-corrected chi connectivity index (χ3v) is 3.06. The second-order valence-corrected chi connectivity index (χ2v) is 5.08. The maximum absolute atomic E-state index is 12.0. The minimum atomic E-state index is -1.28. The van der Waals surface area contributed by atoms with Gasteiger partial charge in [0.05, 0.1) is 25.7 Å². The zero-order valence-electron chi connectivity index (χ0n) is 11.1. The molecule has 1 rings (SSSR count). The molecule has 6 nitrogen and oxygen atoms in total. The van der Waals surface area contributed by atoms with Gasteiger partial charge in [-0.05, 0) is 19.9 Å². The standard InChI is InChI=1S/C12H24N2O4/c1-3-4-13-10-6-18-5-9(10)11(16)14-7-12(2,17)8-15/h9-10,13,15,17H,3-8H2,1-2H3,(H,14,16). The van der Waals surface area contributed by atoms with Crippen molar-refractivity contribution in [2.45, 2.75) is 31.9 Å². The van der Waals surface area contributed by atoms with Crippen LogP contribution >= 0.6 is 0 Å². The Morgan fingerprint density at radius 3 is 2.83 bits per heavy atom. The van der Waals surface area contributed by atoms with Gasteiger partial charge in [0.2, 0.25) is 5.91 Å². The van der Waals surface area contributed by atoms with Gasteiger partial charge in [0, 0.05) is 12.6 Å². The maximum Gasteiger partial charge on any atom is 0.227 e. The SMILES string of the molecule is CCCNC1COCC1C(=O)NCC(C)(O)CO. The fraction of sp³-hybridized carbons (Fsp3) is 0.917. The summed E-state index contributed by atoms with van der Waals surface area (Å²) < 4.78 is 5.31. The Balaban J connectivity index is 2.40. The largest absolute Gasteiger partial charge is 0.393 e. The molecule has 0 radical (unpaired) electrons. The number of hydrogen-bond donors (Lipinski definition) is 4. The summed E-state index contributed by atoms with van der Waals surface area (Å²) in [6.45, 7) is 4.99. The maximum atomic E-state index is 12.0. The summed E-state index contributed by atoms with van der Waals surface area (Å²) in [5, 5.41) is 24.4. The number of aliphatic hydroxyl groups excluding tert-OH is 1. The summed E-state index contributed by atoms with van der Waals surface area (Å²) in [7, 11) is 0. The fourth-order valence-corrected chi connectivity index (χ4v) is 1.81. The minimum Gasteiger partial charge on any atom is -0.393 e. The van der Waals surface area contributed by atoms with Gasteiger partial charge in [-0.1, -0.05) is 6.92 Å². The quantitative estimate of drug-likeness (QED) is 0.464. The molecule has 1 amide bonds. The van der Waals surface area contributed by atoms with Crippen LogP contribution in [-0.2, 0) is 9.53 Å². The van der Waals surface area contributed by atoms with E-state index in [1.165, 1.54) is 6.92 Å². The van der Waals surface area contributed by atoms with Gasteiger partial charge in [0.25, 0.3) is 0 Å². The molecule has 3 atom stereocenters. The lowest BCUT2D eigenvalue weighted by molar-refractivity contribution is -0.127. The first-order valence-electron chi connectivity index (χ1n) is 6.42. The van der Waals surface area contributed by atoms with Crippen LogP contribution in [0.2, 0.25) is 0 Å². The van der Waals surface area contributed by atoms with Crippen molar-refractivity contribution < 1.29 is 19.7 Å². The highest BCUT2D eigenvalue weighted by Gasteiger charge is 2.34. The second-order valence-electron chi connectivity index (χ2n) is 5.08. The summed E-state index contributed by atoms with van der Waals surface area (Å²) in [5.41, 5.74) is -1.28. The molecule has 0 saturated carbocycles. The highest BCUT2D eigenvalue weighted by Crippen LogP contribution is 2.14. The highest BCUT2D eigenvalue weighted by molar-refractivity contribution is 5.79. The van der Waals surface area contributed by atoms with E-state index in [4.69, 9.17) is 9.84 Å². The highest BCUT2D eigenvalue weighted by atomic mass is 16.5. The van der Waals surface area contributed by atoms with Crippen LogP contribution in [0, 0.1) is 5.92 Å². The molecule has 1 heterocycles. The van der Waals surface area contributed by atoms with E-state index in [-0.39, 0.29) is 31.0 Å². The third-order valence-electron chi connectivity index (χ3n) is 3.06. The van der Waals surface area contributed by atoms with Crippen molar-refractivity contribution >= 4 is 5.91 Å². The van der Waals surface area contributed by atoms with Gasteiger partial charge in [-0.15, -0.1) is 0 Å². The summed E-state index contributed by atoms with van der Waals surface area (Å²) in [5.74, 6) is -0.374. The van der Waals surface area contributed by atoms with E-state index >= 15 is 0 Å². The third kappa shape index (κ3) is 4.53. The van der Waals surface area contributed by atoms with Crippen LogP contribution in [0.5, 0.6) is 0 Å². The number of hydrogen-bond acceptors (Lipinski definition) is 5. The molecule has 1 aliphatic heterocycles. The van der Waals surface area contributed by atoms with Gasteiger partial charge in [-0.25, -0.2) is 0 Å². The number of carbonyl (C=O) groups excluding carboxylic acids is 1. The van der Waals surface area contributed by atoms with Gasteiger partial charge >= 0.3 is 0 Å². The molecule has 0 bridgehead atoms. The Morgan fingerprint density at radius 1 is 1.50 bits per heavy atom. The summed E-state index contributed by atoms with van der Waals surface area (Å²) in [4.78, 5) is 12.0. The van der Waals surface area contributed by atoms with Gasteiger partial charge in [0.1, 0.15) is 5.60 Å². The van der Waals surface area contributed by atoms with E-state index in [1.54, 1.807) is 0 Å². The number of nitrogens with one attached hydrogen (secondary N) is 2. The molecule has 0 aromatic heterocycles. The van der Waals surface area contributed by atoms with E-state index in [0.717, 1.165) is 13.0 Å². The number of amides is 1. The molecule has 1 aliphatic rings. The smallest absolute Gasteiger partial charge is 0.227 e. The van der Waals surface area contributed by atoms with Gasteiger partial charge in [0.15, 0.2) is 0 Å². The van der Waals surface area contributed by atoms with Crippen LogP contribution in [-0.4, -0.2) is 60.7 Å². The predicted molar refractivity (Wildman–Crippen MR) is 67.1 cm³/mol. The first-order chi connectivity index (χ1) is 8.50. The average molecular weight is 260 g/mol. The predicted octanol–water partition coefficient (Wildman–Crippen LogP) is -1.14. The Hall–Kier alpha value is -0.690. The average Bonchev–Trinajstić information content (AvgIpc) is 2.82. The van der Waals surface area contributed by atoms with Crippen LogP contribution in [0.15, 0.2) is 0 Å². The summed E-state index contributed by atoms with van der Waals surface area (Å²) in [6, 6.07) is 0.0315. The van der Waals surface area contributed by atoms with Crippen molar-refractivity contribution in [1.82, 2.24) is 10.6 Å². The Kier molecular flexibility index (Phi) is 6.01. The Labute approximate surface area is 108 Å². The van der Waals surface area contributed by atoms with Crippen LogP contribution in [0.4, 0.5) is 0 Å². The molecule has 0 aliphatic carbocycles. The second kappa shape index (κ2) is 7.04.